The first kappa shape index (κ1) is 17.2. The Morgan fingerprint density at radius 2 is 2.00 bits per heavy atom. The number of hydrogen-bond donors (Lipinski definition) is 1. The fourth-order valence-electron chi connectivity index (χ4n) is 2.53. The van der Waals surface area contributed by atoms with Gasteiger partial charge in [-0.15, -0.1) is 0 Å². The minimum Gasteiger partial charge on any atom is -0.411 e. The fourth-order valence-corrected chi connectivity index (χ4v) is 3.71. The number of imidazole rings is 1. The first-order chi connectivity index (χ1) is 12.2. The lowest BCUT2D eigenvalue weighted by Crippen LogP contribution is -2.06. The van der Waals surface area contributed by atoms with Crippen LogP contribution in [0.3, 0.4) is 0 Å². The number of pyridine rings is 1. The van der Waals surface area contributed by atoms with Crippen molar-refractivity contribution in [3.63, 3.8) is 0 Å². The summed E-state index contributed by atoms with van der Waals surface area (Å²) in [5.74, 6) is 0.890. The van der Waals surface area contributed by atoms with Gasteiger partial charge in [-0.2, -0.15) is 0 Å². The molecule has 0 atom stereocenters. The summed E-state index contributed by atoms with van der Waals surface area (Å²) in [6, 6.07) is 14.2. The van der Waals surface area contributed by atoms with E-state index in [0.717, 1.165) is 21.2 Å². The van der Waals surface area contributed by atoms with E-state index in [1.165, 1.54) is 6.21 Å². The van der Waals surface area contributed by atoms with Gasteiger partial charge in [-0.05, 0) is 29.7 Å². The van der Waals surface area contributed by atoms with Crippen molar-refractivity contribution in [3.05, 3.63) is 71.9 Å². The lowest BCUT2D eigenvalue weighted by Gasteiger charge is -2.12. The molecule has 2 aromatic heterocycles. The molecule has 5 nitrogen and oxygen atoms in total. The lowest BCUT2D eigenvalue weighted by molar-refractivity contribution is 0.321. The van der Waals surface area contributed by atoms with Crippen LogP contribution in [0.15, 0.2) is 69.9 Å². The highest BCUT2D eigenvalue weighted by atomic mass is 32.2. The molecule has 1 N–H and O–H groups in total. The molecule has 0 saturated carbocycles. The topological polar surface area (TPSA) is 63.3 Å². The molecular weight excluding hydrogens is 332 g/mol. The summed E-state index contributed by atoms with van der Waals surface area (Å²) in [4.78, 5) is 10.0. The van der Waals surface area contributed by atoms with E-state index in [9.17, 15) is 0 Å². The second kappa shape index (κ2) is 7.98. The highest BCUT2D eigenvalue weighted by Gasteiger charge is 2.20. The number of hydrogen-bond acceptors (Lipinski definition) is 5. The third-order valence-electron chi connectivity index (χ3n) is 3.72. The van der Waals surface area contributed by atoms with Crippen molar-refractivity contribution in [3.8, 4) is 0 Å². The Kier molecular flexibility index (Phi) is 5.50. The molecule has 25 heavy (non-hydrogen) atoms. The van der Waals surface area contributed by atoms with Gasteiger partial charge in [-0.3, -0.25) is 4.98 Å². The monoisotopic (exact) mass is 352 g/mol. The SMILES string of the molecule is CC(C)c1nc(C=NO)n(Cc2cccnc2)c1Sc1ccccc1. The fraction of sp³-hybridized carbons (Fsp3) is 0.211. The molecule has 0 aliphatic carbocycles. The van der Waals surface area contributed by atoms with E-state index in [1.807, 2.05) is 36.5 Å². The van der Waals surface area contributed by atoms with Gasteiger partial charge in [0, 0.05) is 17.3 Å². The molecule has 3 aromatic rings. The molecule has 0 unspecified atom stereocenters. The second-order valence-electron chi connectivity index (χ2n) is 5.92. The summed E-state index contributed by atoms with van der Waals surface area (Å²) in [5, 5.41) is 13.3. The predicted octanol–water partition coefficient (Wildman–Crippen LogP) is 4.41. The Bertz CT molecular complexity index is 845. The number of benzene rings is 1. The van der Waals surface area contributed by atoms with Gasteiger partial charge in [-0.1, -0.05) is 55.0 Å². The summed E-state index contributed by atoms with van der Waals surface area (Å²) in [7, 11) is 0. The predicted molar refractivity (Wildman–Crippen MR) is 99.6 cm³/mol. The zero-order valence-electron chi connectivity index (χ0n) is 14.2. The molecule has 0 aliphatic rings. The van der Waals surface area contributed by atoms with Crippen molar-refractivity contribution in [2.75, 3.05) is 0 Å². The van der Waals surface area contributed by atoms with Gasteiger partial charge in [0.25, 0.3) is 0 Å². The maximum Gasteiger partial charge on any atom is 0.156 e. The third-order valence-corrected chi connectivity index (χ3v) is 4.85. The van der Waals surface area contributed by atoms with Gasteiger partial charge in [0.1, 0.15) is 11.2 Å². The summed E-state index contributed by atoms with van der Waals surface area (Å²) >= 11 is 1.67. The Balaban J connectivity index is 2.08. The van der Waals surface area contributed by atoms with E-state index in [1.54, 1.807) is 18.0 Å². The smallest absolute Gasteiger partial charge is 0.156 e. The van der Waals surface area contributed by atoms with Crippen LogP contribution in [-0.4, -0.2) is 26.0 Å². The minimum absolute atomic E-state index is 0.257. The molecule has 128 valence electrons. The maximum absolute atomic E-state index is 9.04. The van der Waals surface area contributed by atoms with Crippen LogP contribution in [0.1, 0.15) is 36.8 Å². The van der Waals surface area contributed by atoms with Crippen molar-refractivity contribution in [1.82, 2.24) is 14.5 Å². The first-order valence-corrected chi connectivity index (χ1v) is 8.90. The van der Waals surface area contributed by atoms with Crippen molar-refractivity contribution >= 4 is 18.0 Å². The van der Waals surface area contributed by atoms with E-state index in [4.69, 9.17) is 10.2 Å². The Labute approximate surface area is 151 Å². The average molecular weight is 352 g/mol. The molecule has 3 rings (SSSR count). The minimum atomic E-state index is 0.257. The lowest BCUT2D eigenvalue weighted by atomic mass is 10.1. The standard InChI is InChI=1S/C19H20N4OS/c1-14(2)18-19(25-16-8-4-3-5-9-16)23(17(22-18)12-21-24)13-15-7-6-10-20-11-15/h3-12,14,24H,13H2,1-2H3. The molecule has 6 heteroatoms. The molecule has 0 fully saturated rings. The van der Waals surface area contributed by atoms with Gasteiger partial charge in [0.2, 0.25) is 0 Å². The van der Waals surface area contributed by atoms with Crippen LogP contribution in [0.2, 0.25) is 0 Å². The van der Waals surface area contributed by atoms with E-state index < -0.39 is 0 Å². The highest BCUT2D eigenvalue weighted by molar-refractivity contribution is 7.99. The Hall–Kier alpha value is -2.60. The molecule has 2 heterocycles. The number of rotatable bonds is 6. The molecular formula is C19H20N4OS. The maximum atomic E-state index is 9.04. The Morgan fingerprint density at radius 3 is 2.64 bits per heavy atom. The van der Waals surface area contributed by atoms with Crippen molar-refractivity contribution in [2.45, 2.75) is 36.2 Å². The van der Waals surface area contributed by atoms with Crippen LogP contribution in [0.4, 0.5) is 0 Å². The highest BCUT2D eigenvalue weighted by Crippen LogP contribution is 2.34. The van der Waals surface area contributed by atoms with E-state index in [0.29, 0.717) is 12.4 Å². The molecule has 0 radical (unpaired) electrons. The van der Waals surface area contributed by atoms with E-state index in [2.05, 4.69) is 40.7 Å². The van der Waals surface area contributed by atoms with Gasteiger partial charge in [-0.25, -0.2) is 4.98 Å². The van der Waals surface area contributed by atoms with Crippen LogP contribution in [0.25, 0.3) is 0 Å². The van der Waals surface area contributed by atoms with Crippen molar-refractivity contribution in [2.24, 2.45) is 5.16 Å². The molecule has 0 amide bonds. The quantitative estimate of drug-likeness (QED) is 0.405. The van der Waals surface area contributed by atoms with E-state index >= 15 is 0 Å². The summed E-state index contributed by atoms with van der Waals surface area (Å²) in [5.41, 5.74) is 2.06. The van der Waals surface area contributed by atoms with Crippen molar-refractivity contribution < 1.29 is 5.21 Å². The van der Waals surface area contributed by atoms with Gasteiger partial charge in [0.15, 0.2) is 5.82 Å². The normalized spacial score (nSPS) is 11.5. The first-order valence-electron chi connectivity index (χ1n) is 8.08. The van der Waals surface area contributed by atoms with Crippen LogP contribution >= 0.6 is 11.8 Å². The van der Waals surface area contributed by atoms with Crippen LogP contribution < -0.4 is 0 Å². The van der Waals surface area contributed by atoms with E-state index in [-0.39, 0.29) is 5.92 Å². The number of aromatic nitrogens is 3. The molecule has 0 aliphatic heterocycles. The molecule has 0 saturated heterocycles. The van der Waals surface area contributed by atoms with Crippen LogP contribution in [-0.2, 0) is 6.54 Å². The van der Waals surface area contributed by atoms with Gasteiger partial charge in [0.05, 0.1) is 12.2 Å². The van der Waals surface area contributed by atoms with Crippen molar-refractivity contribution in [1.29, 1.82) is 0 Å². The zero-order chi connectivity index (χ0) is 17.6. The Morgan fingerprint density at radius 1 is 1.20 bits per heavy atom. The molecule has 0 spiro atoms. The van der Waals surface area contributed by atoms with Crippen LogP contribution in [0, 0.1) is 0 Å². The third kappa shape index (κ3) is 4.09. The molecule has 1 aromatic carbocycles. The van der Waals surface area contributed by atoms with Gasteiger partial charge < -0.3 is 9.77 Å². The molecule has 0 bridgehead atoms. The summed E-state index contributed by atoms with van der Waals surface area (Å²) in [6.45, 7) is 4.85. The number of nitrogens with zero attached hydrogens (tertiary/aromatic N) is 4. The largest absolute Gasteiger partial charge is 0.411 e. The second-order valence-corrected chi connectivity index (χ2v) is 6.98. The van der Waals surface area contributed by atoms with Crippen LogP contribution in [0.5, 0.6) is 0 Å². The summed E-state index contributed by atoms with van der Waals surface area (Å²) in [6.07, 6.45) is 4.98. The number of oxime groups is 1. The average Bonchev–Trinajstić information content (AvgIpc) is 2.95. The summed E-state index contributed by atoms with van der Waals surface area (Å²) < 4.78 is 2.07. The zero-order valence-corrected chi connectivity index (χ0v) is 15.0. The van der Waals surface area contributed by atoms with Gasteiger partial charge >= 0.3 is 0 Å².